The monoisotopic (exact) mass is 232 g/mol. The predicted molar refractivity (Wildman–Crippen MR) is 59.8 cm³/mol. The zero-order chi connectivity index (χ0) is 12.6. The Morgan fingerprint density at radius 3 is 2.25 bits per heavy atom. The average molecular weight is 232 g/mol. The molecule has 0 aromatic rings. The van der Waals surface area contributed by atoms with E-state index < -0.39 is 31.4 Å². The smallest absolute Gasteiger partial charge is 0.237 e. The second-order valence-corrected chi connectivity index (χ2v) is 3.65. The molecule has 0 aromatic heterocycles. The van der Waals surface area contributed by atoms with Crippen LogP contribution in [-0.2, 0) is 4.79 Å². The normalized spacial score (nSPS) is 13.2. The molecule has 6 nitrogen and oxygen atoms in total. The van der Waals surface area contributed by atoms with Crippen molar-refractivity contribution in [2.75, 3.05) is 26.4 Å². The Bertz CT molecular complexity index is 221. The summed E-state index contributed by atoms with van der Waals surface area (Å²) in [5.74, 6) is -0.292. The highest BCUT2D eigenvalue weighted by Gasteiger charge is 2.31. The van der Waals surface area contributed by atoms with Crippen LogP contribution in [0.25, 0.3) is 0 Å². The number of hydrogen-bond donors (Lipinski definition) is 5. The Hall–Kier alpha value is -0.950. The van der Waals surface area contributed by atoms with E-state index in [1.165, 1.54) is 0 Å². The fourth-order valence-electron chi connectivity index (χ4n) is 1.14. The van der Waals surface area contributed by atoms with Gasteiger partial charge in [0.2, 0.25) is 5.91 Å². The van der Waals surface area contributed by atoms with E-state index in [9.17, 15) is 4.79 Å². The molecule has 6 heteroatoms. The van der Waals surface area contributed by atoms with E-state index in [0.29, 0.717) is 6.54 Å². The number of hydrogen-bond acceptors (Lipinski definition) is 5. The van der Waals surface area contributed by atoms with E-state index in [1.54, 1.807) is 13.0 Å². The van der Waals surface area contributed by atoms with Crippen molar-refractivity contribution in [2.24, 2.45) is 0 Å². The summed E-state index contributed by atoms with van der Waals surface area (Å²) in [6.07, 6.45) is 1.54. The van der Waals surface area contributed by atoms with Gasteiger partial charge in [-0.25, -0.2) is 0 Å². The summed E-state index contributed by atoms with van der Waals surface area (Å²) in [4.78, 5) is 11.5. The number of rotatable bonds is 8. The maximum Gasteiger partial charge on any atom is 0.237 e. The largest absolute Gasteiger partial charge is 0.394 e. The van der Waals surface area contributed by atoms with Crippen molar-refractivity contribution in [2.45, 2.75) is 18.5 Å². The number of nitrogens with one attached hydrogen (secondary N) is 2. The SMILES string of the molecule is C=CCNC(=O)C(C)NC(CO)(CO)CO. The third-order valence-corrected chi connectivity index (χ3v) is 2.24. The highest BCUT2D eigenvalue weighted by molar-refractivity contribution is 5.81. The summed E-state index contributed by atoms with van der Waals surface area (Å²) in [6.45, 7) is 4.00. The molecule has 0 saturated heterocycles. The van der Waals surface area contributed by atoms with Gasteiger partial charge in [0.15, 0.2) is 0 Å². The molecule has 5 N–H and O–H groups in total. The van der Waals surface area contributed by atoms with Crippen LogP contribution >= 0.6 is 0 Å². The van der Waals surface area contributed by atoms with Crippen LogP contribution in [-0.4, -0.2) is 59.2 Å². The zero-order valence-corrected chi connectivity index (χ0v) is 9.44. The standard InChI is InChI=1S/C10H20N2O4/c1-3-4-11-9(16)8(2)12-10(5-13,6-14)7-15/h3,8,12-15H,1,4-7H2,2H3,(H,11,16). The Morgan fingerprint density at radius 1 is 1.38 bits per heavy atom. The number of amides is 1. The molecule has 0 aliphatic rings. The van der Waals surface area contributed by atoms with Crippen molar-refractivity contribution in [3.05, 3.63) is 12.7 Å². The number of aliphatic hydroxyl groups excluding tert-OH is 3. The minimum atomic E-state index is -1.25. The van der Waals surface area contributed by atoms with Crippen LogP contribution < -0.4 is 10.6 Å². The fourth-order valence-corrected chi connectivity index (χ4v) is 1.14. The van der Waals surface area contributed by atoms with Crippen molar-refractivity contribution >= 4 is 5.91 Å². The molecule has 0 aliphatic carbocycles. The zero-order valence-electron chi connectivity index (χ0n) is 9.44. The van der Waals surface area contributed by atoms with Gasteiger partial charge < -0.3 is 20.6 Å². The first kappa shape index (κ1) is 15.0. The van der Waals surface area contributed by atoms with Gasteiger partial charge in [0.1, 0.15) is 0 Å². The van der Waals surface area contributed by atoms with E-state index in [2.05, 4.69) is 17.2 Å². The van der Waals surface area contributed by atoms with Crippen molar-refractivity contribution < 1.29 is 20.1 Å². The van der Waals surface area contributed by atoms with E-state index >= 15 is 0 Å². The highest BCUT2D eigenvalue weighted by atomic mass is 16.3. The van der Waals surface area contributed by atoms with Crippen molar-refractivity contribution in [1.29, 1.82) is 0 Å². The van der Waals surface area contributed by atoms with Crippen molar-refractivity contribution in [3.8, 4) is 0 Å². The molecule has 0 bridgehead atoms. The van der Waals surface area contributed by atoms with Crippen LogP contribution in [0, 0.1) is 0 Å². The third kappa shape index (κ3) is 4.28. The van der Waals surface area contributed by atoms with Gasteiger partial charge in [0.05, 0.1) is 31.4 Å². The van der Waals surface area contributed by atoms with Gasteiger partial charge in [0.25, 0.3) is 0 Å². The van der Waals surface area contributed by atoms with Gasteiger partial charge in [0, 0.05) is 6.54 Å². The lowest BCUT2D eigenvalue weighted by atomic mass is 10.0. The van der Waals surface area contributed by atoms with Crippen molar-refractivity contribution in [1.82, 2.24) is 10.6 Å². The molecule has 0 spiro atoms. The highest BCUT2D eigenvalue weighted by Crippen LogP contribution is 2.03. The molecule has 1 amide bonds. The maximum atomic E-state index is 11.5. The van der Waals surface area contributed by atoms with Crippen LogP contribution in [0.5, 0.6) is 0 Å². The number of carbonyl (C=O) groups excluding carboxylic acids is 1. The van der Waals surface area contributed by atoms with Crippen molar-refractivity contribution in [3.63, 3.8) is 0 Å². The molecule has 0 saturated carbocycles. The van der Waals surface area contributed by atoms with E-state index in [4.69, 9.17) is 15.3 Å². The second kappa shape index (κ2) is 7.34. The minimum absolute atomic E-state index is 0.292. The maximum absolute atomic E-state index is 11.5. The molecule has 0 radical (unpaired) electrons. The quantitative estimate of drug-likeness (QED) is 0.311. The Morgan fingerprint density at radius 2 is 1.88 bits per heavy atom. The summed E-state index contributed by atoms with van der Waals surface area (Å²) >= 11 is 0. The number of carbonyl (C=O) groups is 1. The van der Waals surface area contributed by atoms with Crippen LogP contribution in [0.4, 0.5) is 0 Å². The lowest BCUT2D eigenvalue weighted by Gasteiger charge is -2.31. The Balaban J connectivity index is 4.33. The Kier molecular flexibility index (Phi) is 6.91. The molecule has 0 aliphatic heterocycles. The van der Waals surface area contributed by atoms with E-state index in [1.807, 2.05) is 0 Å². The summed E-state index contributed by atoms with van der Waals surface area (Å²) in [5, 5.41) is 32.4. The molecular weight excluding hydrogens is 212 g/mol. The average Bonchev–Trinajstić information content (AvgIpc) is 2.32. The van der Waals surface area contributed by atoms with Gasteiger partial charge in [-0.1, -0.05) is 6.08 Å². The lowest BCUT2D eigenvalue weighted by molar-refractivity contribution is -0.123. The molecule has 1 atom stereocenters. The summed E-state index contributed by atoms with van der Waals surface area (Å²) < 4.78 is 0. The third-order valence-electron chi connectivity index (χ3n) is 2.24. The molecule has 0 fully saturated rings. The summed E-state index contributed by atoms with van der Waals surface area (Å²) in [6, 6.07) is -0.633. The van der Waals surface area contributed by atoms with Gasteiger partial charge in [-0.3, -0.25) is 10.1 Å². The van der Waals surface area contributed by atoms with Gasteiger partial charge in [-0.2, -0.15) is 0 Å². The molecule has 94 valence electrons. The van der Waals surface area contributed by atoms with E-state index in [0.717, 1.165) is 0 Å². The summed E-state index contributed by atoms with van der Waals surface area (Å²) in [7, 11) is 0. The first-order valence-corrected chi connectivity index (χ1v) is 5.04. The van der Waals surface area contributed by atoms with Crippen LogP contribution in [0.15, 0.2) is 12.7 Å². The lowest BCUT2D eigenvalue weighted by Crippen LogP contribution is -2.60. The molecule has 0 rings (SSSR count). The Labute approximate surface area is 95.0 Å². The fraction of sp³-hybridized carbons (Fsp3) is 0.700. The molecule has 16 heavy (non-hydrogen) atoms. The predicted octanol–water partition coefficient (Wildman–Crippen LogP) is -2.02. The molecular formula is C10H20N2O4. The van der Waals surface area contributed by atoms with E-state index in [-0.39, 0.29) is 5.91 Å². The van der Waals surface area contributed by atoms with Crippen LogP contribution in [0.1, 0.15) is 6.92 Å². The van der Waals surface area contributed by atoms with Gasteiger partial charge >= 0.3 is 0 Å². The molecule has 0 aromatic carbocycles. The van der Waals surface area contributed by atoms with Gasteiger partial charge in [-0.05, 0) is 6.92 Å². The minimum Gasteiger partial charge on any atom is -0.394 e. The molecule has 1 unspecified atom stereocenters. The molecule has 0 heterocycles. The second-order valence-electron chi connectivity index (χ2n) is 3.65. The topological polar surface area (TPSA) is 102 Å². The first-order valence-electron chi connectivity index (χ1n) is 5.04. The van der Waals surface area contributed by atoms with Crippen LogP contribution in [0.3, 0.4) is 0 Å². The van der Waals surface area contributed by atoms with Gasteiger partial charge in [-0.15, -0.1) is 6.58 Å². The number of aliphatic hydroxyl groups is 3. The summed E-state index contributed by atoms with van der Waals surface area (Å²) in [5.41, 5.74) is -1.25. The van der Waals surface area contributed by atoms with Crippen LogP contribution in [0.2, 0.25) is 0 Å². The first-order chi connectivity index (χ1) is 7.55.